The fourth-order valence-corrected chi connectivity index (χ4v) is 11.6. The lowest BCUT2D eigenvalue weighted by Gasteiger charge is -2.41. The number of aromatic nitrogens is 1. The molecule has 0 N–H and O–H groups in total. The molecular formula is C53H56BN3O. The number of pyridine rings is 1. The Morgan fingerprint density at radius 3 is 1.76 bits per heavy atom. The van der Waals surface area contributed by atoms with Gasteiger partial charge in [0.2, 0.25) is 0 Å². The highest BCUT2D eigenvalue weighted by Crippen LogP contribution is 2.54. The van der Waals surface area contributed by atoms with Crippen LogP contribution in [0.3, 0.4) is 0 Å². The fourth-order valence-electron chi connectivity index (χ4n) is 11.6. The maximum atomic E-state index is 7.16. The van der Waals surface area contributed by atoms with Gasteiger partial charge in [-0.25, -0.2) is 4.98 Å². The lowest BCUT2D eigenvalue weighted by atomic mass is 9.34. The molecule has 2 aliphatic heterocycles. The lowest BCUT2D eigenvalue weighted by molar-refractivity contribution is 0.403. The normalized spacial score (nSPS) is 18.4. The molecule has 4 aliphatic rings. The second kappa shape index (κ2) is 12.1. The molecule has 1 aromatic heterocycles. The van der Waals surface area contributed by atoms with Crippen molar-refractivity contribution in [1.29, 1.82) is 0 Å². The van der Waals surface area contributed by atoms with Crippen LogP contribution in [0.25, 0.3) is 0 Å². The average molecular weight is 762 g/mol. The Morgan fingerprint density at radius 2 is 1.16 bits per heavy atom. The minimum Gasteiger partial charge on any atom is -0.458 e. The van der Waals surface area contributed by atoms with Gasteiger partial charge in [-0.3, -0.25) is 9.80 Å². The Bertz CT molecular complexity index is 2610. The summed E-state index contributed by atoms with van der Waals surface area (Å²) in [6.45, 7) is 26.2. The van der Waals surface area contributed by atoms with Crippen LogP contribution >= 0.6 is 0 Å². The molecule has 0 bridgehead atoms. The molecule has 0 spiro atoms. The number of benzene rings is 5. The number of fused-ring (bicyclic) bond motifs is 6. The summed E-state index contributed by atoms with van der Waals surface area (Å²) in [6.07, 6.45) is 2.21. The molecule has 0 unspecified atom stereocenters. The second-order valence-corrected chi connectivity index (χ2v) is 21.2. The largest absolute Gasteiger partial charge is 0.458 e. The molecule has 0 fully saturated rings. The highest BCUT2D eigenvalue weighted by atomic mass is 16.5. The van der Waals surface area contributed by atoms with E-state index in [0.29, 0.717) is 0 Å². The number of hydrogen-bond donors (Lipinski definition) is 0. The van der Waals surface area contributed by atoms with E-state index >= 15 is 0 Å². The van der Waals surface area contributed by atoms with Gasteiger partial charge >= 0.3 is 0 Å². The Kier molecular flexibility index (Phi) is 7.74. The van der Waals surface area contributed by atoms with Gasteiger partial charge in [0.15, 0.2) is 0 Å². The van der Waals surface area contributed by atoms with E-state index < -0.39 is 0 Å². The maximum absolute atomic E-state index is 7.16. The highest BCUT2D eigenvalue weighted by Gasteiger charge is 2.49. The molecule has 5 heteroatoms. The Hall–Kier alpha value is -5.29. The molecule has 10 rings (SSSR count). The van der Waals surface area contributed by atoms with E-state index in [-0.39, 0.29) is 33.8 Å². The standard InChI is InChI=1S/C53H56BN3O/c1-49(2,3)33-22-25-44-42(26-33)54-41-28-39-40(53(10,11)32-52(39,8)9)29-43(41)57(36-23-24-37-38(27-36)51(6,7)31-50(37,4)5)48-47(54)45(58-44)30-46(55-48)56(34-18-14-12-15-19-34)35-20-16-13-17-21-35/h12-30H,31-32H2,1-11H3. The molecule has 58 heavy (non-hydrogen) atoms. The van der Waals surface area contributed by atoms with Crippen molar-refractivity contribution in [2.75, 3.05) is 9.80 Å². The highest BCUT2D eigenvalue weighted by molar-refractivity contribution is 6.99. The predicted molar refractivity (Wildman–Crippen MR) is 245 cm³/mol. The van der Waals surface area contributed by atoms with Gasteiger partial charge in [0, 0.05) is 34.3 Å². The molecule has 0 saturated heterocycles. The zero-order valence-corrected chi connectivity index (χ0v) is 36.2. The zero-order valence-electron chi connectivity index (χ0n) is 36.2. The summed E-state index contributed by atoms with van der Waals surface area (Å²) < 4.78 is 7.16. The van der Waals surface area contributed by atoms with Crippen LogP contribution in [-0.2, 0) is 27.1 Å². The van der Waals surface area contributed by atoms with Crippen molar-refractivity contribution in [2.45, 2.75) is 116 Å². The van der Waals surface area contributed by atoms with Crippen molar-refractivity contribution < 1.29 is 4.74 Å². The van der Waals surface area contributed by atoms with Gasteiger partial charge in [-0.15, -0.1) is 0 Å². The summed E-state index contributed by atoms with van der Waals surface area (Å²) in [4.78, 5) is 10.6. The van der Waals surface area contributed by atoms with Gasteiger partial charge in [0.1, 0.15) is 23.1 Å². The quantitative estimate of drug-likeness (QED) is 0.167. The number of nitrogens with zero attached hydrogens (tertiary/aromatic N) is 3. The van der Waals surface area contributed by atoms with Crippen molar-refractivity contribution in [3.05, 3.63) is 143 Å². The van der Waals surface area contributed by atoms with Crippen LogP contribution in [-0.4, -0.2) is 11.7 Å². The van der Waals surface area contributed by atoms with E-state index in [4.69, 9.17) is 9.72 Å². The van der Waals surface area contributed by atoms with Gasteiger partial charge in [-0.1, -0.05) is 137 Å². The molecule has 0 radical (unpaired) electrons. The van der Waals surface area contributed by atoms with E-state index in [0.717, 1.165) is 58.5 Å². The smallest absolute Gasteiger partial charge is 0.258 e. The predicted octanol–water partition coefficient (Wildman–Crippen LogP) is 12.2. The van der Waals surface area contributed by atoms with Crippen LogP contribution in [0.1, 0.15) is 117 Å². The van der Waals surface area contributed by atoms with E-state index in [1.807, 2.05) is 0 Å². The minimum atomic E-state index is -0.0552. The summed E-state index contributed by atoms with van der Waals surface area (Å²) in [6, 6.07) is 42.7. The first-order chi connectivity index (χ1) is 27.3. The minimum absolute atomic E-state index is 0.0224. The fraction of sp³-hybridized carbons (Fsp3) is 0.340. The van der Waals surface area contributed by atoms with Crippen molar-refractivity contribution in [1.82, 2.24) is 4.98 Å². The third kappa shape index (κ3) is 5.52. The van der Waals surface area contributed by atoms with Crippen LogP contribution in [0.15, 0.2) is 115 Å². The van der Waals surface area contributed by atoms with E-state index in [1.165, 1.54) is 44.4 Å². The number of hydrogen-bond acceptors (Lipinski definition) is 4. The number of ether oxygens (including phenoxy) is 1. The van der Waals surface area contributed by atoms with Gasteiger partial charge in [-0.05, 0) is 127 Å². The van der Waals surface area contributed by atoms with Gasteiger partial charge in [-0.2, -0.15) is 0 Å². The monoisotopic (exact) mass is 761 g/mol. The third-order valence-corrected chi connectivity index (χ3v) is 13.8. The number of para-hydroxylation sites is 2. The van der Waals surface area contributed by atoms with Crippen molar-refractivity contribution in [2.24, 2.45) is 0 Å². The summed E-state index contributed by atoms with van der Waals surface area (Å²) in [7, 11) is 0. The van der Waals surface area contributed by atoms with Crippen LogP contribution in [0.4, 0.5) is 34.4 Å². The van der Waals surface area contributed by atoms with E-state index in [1.54, 1.807) is 0 Å². The molecule has 3 heterocycles. The molecule has 0 saturated carbocycles. The molecule has 6 aromatic rings. The van der Waals surface area contributed by atoms with Crippen LogP contribution in [0.2, 0.25) is 0 Å². The first-order valence-corrected chi connectivity index (χ1v) is 21.3. The van der Waals surface area contributed by atoms with Crippen molar-refractivity contribution >= 4 is 57.5 Å². The average Bonchev–Trinajstić information content (AvgIpc) is 3.47. The van der Waals surface area contributed by atoms with E-state index in [2.05, 4.69) is 201 Å². The second-order valence-electron chi connectivity index (χ2n) is 21.2. The summed E-state index contributed by atoms with van der Waals surface area (Å²) in [5.41, 5.74) is 15.4. The molecular weight excluding hydrogens is 705 g/mol. The molecule has 0 atom stereocenters. The molecule has 2 aliphatic carbocycles. The maximum Gasteiger partial charge on any atom is 0.258 e. The topological polar surface area (TPSA) is 28.6 Å². The van der Waals surface area contributed by atoms with Gasteiger partial charge in [0.05, 0.1) is 0 Å². The first-order valence-electron chi connectivity index (χ1n) is 21.3. The summed E-state index contributed by atoms with van der Waals surface area (Å²) in [5, 5.41) is 0. The van der Waals surface area contributed by atoms with Gasteiger partial charge in [0.25, 0.3) is 6.71 Å². The summed E-state index contributed by atoms with van der Waals surface area (Å²) >= 11 is 0. The number of anilines is 6. The Labute approximate surface area is 346 Å². The Balaban J connectivity index is 1.32. The van der Waals surface area contributed by atoms with Crippen LogP contribution < -0.4 is 30.9 Å². The van der Waals surface area contributed by atoms with Crippen LogP contribution in [0, 0.1) is 0 Å². The number of rotatable bonds is 4. The lowest BCUT2D eigenvalue weighted by Crippen LogP contribution is -2.60. The van der Waals surface area contributed by atoms with Gasteiger partial charge < -0.3 is 4.74 Å². The molecule has 5 aromatic carbocycles. The van der Waals surface area contributed by atoms with Crippen LogP contribution in [0.5, 0.6) is 11.5 Å². The zero-order chi connectivity index (χ0) is 40.7. The van der Waals surface area contributed by atoms with Crippen molar-refractivity contribution in [3.8, 4) is 11.5 Å². The Morgan fingerprint density at radius 1 is 0.586 bits per heavy atom. The molecule has 0 amide bonds. The summed E-state index contributed by atoms with van der Waals surface area (Å²) in [5.74, 6) is 3.52. The molecule has 292 valence electrons. The third-order valence-electron chi connectivity index (χ3n) is 13.8. The van der Waals surface area contributed by atoms with Crippen molar-refractivity contribution in [3.63, 3.8) is 0 Å². The SMILES string of the molecule is CC(C)(C)c1ccc2c(c1)B1c3cc4c(cc3N(c3ccc5c(c3)C(C)(C)CC5(C)C)c3nc(N(c5ccccc5)c5ccccc5)cc(c31)O2)C(C)(C)CC4(C)C. The first kappa shape index (κ1) is 37.0. The molecule has 4 nitrogen and oxygen atoms in total. The van der Waals surface area contributed by atoms with E-state index in [9.17, 15) is 0 Å².